The van der Waals surface area contributed by atoms with Crippen LogP contribution < -0.4 is 5.46 Å². The molecule has 0 aromatic heterocycles. The summed E-state index contributed by atoms with van der Waals surface area (Å²) in [6.45, 7) is 0. The summed E-state index contributed by atoms with van der Waals surface area (Å²) in [4.78, 5) is 10.4. The van der Waals surface area contributed by atoms with Crippen molar-refractivity contribution in [2.24, 2.45) is 0 Å². The topological polar surface area (TPSA) is 77.8 Å². The fourth-order valence-corrected chi connectivity index (χ4v) is 0.954. The zero-order chi connectivity index (χ0) is 10.9. The molecule has 4 nitrogen and oxygen atoms in total. The van der Waals surface area contributed by atoms with Crippen molar-refractivity contribution in [3.8, 4) is 0 Å². The van der Waals surface area contributed by atoms with Crippen LogP contribution in [0.1, 0.15) is 10.4 Å². The Morgan fingerprint density at radius 2 is 1.86 bits per heavy atom. The number of carboxylic acid groups (broad SMARTS) is 1. The van der Waals surface area contributed by atoms with Gasteiger partial charge < -0.3 is 15.2 Å². The summed E-state index contributed by atoms with van der Waals surface area (Å²) in [7, 11) is -2.25. The van der Waals surface area contributed by atoms with Crippen LogP contribution in [-0.4, -0.2) is 28.2 Å². The van der Waals surface area contributed by atoms with Gasteiger partial charge in [0.2, 0.25) is 0 Å². The second kappa shape index (κ2) is 3.73. The number of hydrogen-bond donors (Lipinski definition) is 3. The lowest BCUT2D eigenvalue weighted by Crippen LogP contribution is -2.34. The molecule has 0 aliphatic carbocycles. The molecule has 0 unspecified atom stereocenters. The zero-order valence-electron chi connectivity index (χ0n) is 6.74. The number of halogens is 2. The average Bonchev–Trinajstić information content (AvgIpc) is 2.07. The van der Waals surface area contributed by atoms with Gasteiger partial charge in [0, 0.05) is 5.46 Å². The molecule has 14 heavy (non-hydrogen) atoms. The van der Waals surface area contributed by atoms with Gasteiger partial charge in [-0.05, 0) is 12.1 Å². The van der Waals surface area contributed by atoms with E-state index in [9.17, 15) is 13.6 Å². The van der Waals surface area contributed by atoms with Gasteiger partial charge in [-0.3, -0.25) is 0 Å². The van der Waals surface area contributed by atoms with Gasteiger partial charge in [-0.1, -0.05) is 0 Å². The molecule has 0 aliphatic heterocycles. The number of hydrogen-bond acceptors (Lipinski definition) is 3. The van der Waals surface area contributed by atoms with Gasteiger partial charge in [-0.25, -0.2) is 13.6 Å². The Bertz CT molecular complexity index is 380. The van der Waals surface area contributed by atoms with Gasteiger partial charge in [-0.2, -0.15) is 0 Å². The van der Waals surface area contributed by atoms with E-state index in [-0.39, 0.29) is 0 Å². The maximum absolute atomic E-state index is 13.1. The lowest BCUT2D eigenvalue weighted by Gasteiger charge is -2.04. The molecule has 0 radical (unpaired) electrons. The van der Waals surface area contributed by atoms with Crippen LogP contribution in [0.3, 0.4) is 0 Å². The first-order valence-electron chi connectivity index (χ1n) is 3.52. The van der Waals surface area contributed by atoms with E-state index in [1.54, 1.807) is 0 Å². The number of benzene rings is 1. The van der Waals surface area contributed by atoms with Crippen LogP contribution in [-0.2, 0) is 0 Å². The van der Waals surface area contributed by atoms with E-state index in [2.05, 4.69) is 0 Å². The van der Waals surface area contributed by atoms with E-state index in [1.165, 1.54) is 0 Å². The number of aromatic carboxylic acids is 1. The Kier molecular flexibility index (Phi) is 2.83. The maximum Gasteiger partial charge on any atom is 0.491 e. The van der Waals surface area contributed by atoms with Gasteiger partial charge in [0.15, 0.2) is 0 Å². The van der Waals surface area contributed by atoms with Gasteiger partial charge in [0.1, 0.15) is 11.6 Å². The smallest absolute Gasteiger partial charge is 0.478 e. The van der Waals surface area contributed by atoms with Crippen LogP contribution >= 0.6 is 0 Å². The highest BCUT2D eigenvalue weighted by Gasteiger charge is 2.23. The van der Waals surface area contributed by atoms with Crippen LogP contribution in [0, 0.1) is 11.6 Å². The van der Waals surface area contributed by atoms with Crippen molar-refractivity contribution in [2.75, 3.05) is 0 Å². The molecular weight excluding hydrogens is 197 g/mol. The fourth-order valence-electron chi connectivity index (χ4n) is 0.954. The van der Waals surface area contributed by atoms with Crippen molar-refractivity contribution in [2.45, 2.75) is 0 Å². The summed E-state index contributed by atoms with van der Waals surface area (Å²) in [6.07, 6.45) is 0. The molecule has 1 aromatic rings. The molecule has 0 bridgehead atoms. The van der Waals surface area contributed by atoms with Crippen molar-refractivity contribution in [1.29, 1.82) is 0 Å². The van der Waals surface area contributed by atoms with Crippen LogP contribution in [0.15, 0.2) is 12.1 Å². The van der Waals surface area contributed by atoms with E-state index >= 15 is 0 Å². The summed E-state index contributed by atoms with van der Waals surface area (Å²) >= 11 is 0. The Balaban J connectivity index is 3.40. The van der Waals surface area contributed by atoms with Gasteiger partial charge in [-0.15, -0.1) is 0 Å². The fraction of sp³-hybridized carbons (Fsp3) is 0. The number of carbonyl (C=O) groups is 1. The monoisotopic (exact) mass is 202 g/mol. The molecule has 0 amide bonds. The predicted octanol–water partition coefficient (Wildman–Crippen LogP) is -0.657. The highest BCUT2D eigenvalue weighted by atomic mass is 19.1. The first-order valence-corrected chi connectivity index (χ1v) is 3.52. The van der Waals surface area contributed by atoms with Crippen LogP contribution in [0.4, 0.5) is 8.78 Å². The van der Waals surface area contributed by atoms with Crippen LogP contribution in [0.5, 0.6) is 0 Å². The summed E-state index contributed by atoms with van der Waals surface area (Å²) in [5.41, 5.74) is -1.74. The molecule has 0 fully saturated rings. The Morgan fingerprint density at radius 1 is 1.29 bits per heavy atom. The minimum Gasteiger partial charge on any atom is -0.478 e. The highest BCUT2D eigenvalue weighted by molar-refractivity contribution is 6.58. The molecule has 0 aliphatic rings. The molecule has 3 N–H and O–H groups in total. The minimum absolute atomic E-state index is 0.462. The SMILES string of the molecule is O=C(O)c1cc(F)cc(B(O)O)c1F. The minimum atomic E-state index is -2.25. The molecule has 0 heterocycles. The van der Waals surface area contributed by atoms with Crippen molar-refractivity contribution in [3.63, 3.8) is 0 Å². The first-order chi connectivity index (χ1) is 6.43. The normalized spacial score (nSPS) is 10.0. The van der Waals surface area contributed by atoms with E-state index < -0.39 is 35.7 Å². The summed E-state index contributed by atoms with van der Waals surface area (Å²) in [5, 5.41) is 25.6. The largest absolute Gasteiger partial charge is 0.491 e. The van der Waals surface area contributed by atoms with Crippen molar-refractivity contribution < 1.29 is 28.7 Å². The lowest BCUT2D eigenvalue weighted by atomic mass is 9.79. The van der Waals surface area contributed by atoms with Gasteiger partial charge in [0.05, 0.1) is 5.56 Å². The number of carboxylic acids is 1. The highest BCUT2D eigenvalue weighted by Crippen LogP contribution is 2.08. The van der Waals surface area contributed by atoms with Gasteiger partial charge in [0.25, 0.3) is 0 Å². The Hall–Kier alpha value is -1.47. The molecule has 7 heteroatoms. The van der Waals surface area contributed by atoms with E-state index in [4.69, 9.17) is 15.2 Å². The first kappa shape index (κ1) is 10.6. The third-order valence-electron chi connectivity index (χ3n) is 1.57. The zero-order valence-corrected chi connectivity index (χ0v) is 6.74. The average molecular weight is 202 g/mol. The number of rotatable bonds is 2. The second-order valence-electron chi connectivity index (χ2n) is 2.54. The predicted molar refractivity (Wildman–Crippen MR) is 43.1 cm³/mol. The van der Waals surface area contributed by atoms with E-state index in [0.29, 0.717) is 12.1 Å². The molecule has 0 saturated heterocycles. The molecule has 0 spiro atoms. The molecular formula is C7H5BF2O4. The molecule has 1 rings (SSSR count). The summed E-state index contributed by atoms with van der Waals surface area (Å²) in [5.74, 6) is -4.08. The van der Waals surface area contributed by atoms with Crippen molar-refractivity contribution >= 4 is 18.6 Å². The molecule has 1 aromatic carbocycles. The van der Waals surface area contributed by atoms with Crippen LogP contribution in [0.25, 0.3) is 0 Å². The van der Waals surface area contributed by atoms with Crippen molar-refractivity contribution in [1.82, 2.24) is 0 Å². The lowest BCUT2D eigenvalue weighted by molar-refractivity contribution is 0.0691. The molecule has 0 atom stereocenters. The third-order valence-corrected chi connectivity index (χ3v) is 1.57. The Labute approximate surface area is 77.6 Å². The summed E-state index contributed by atoms with van der Waals surface area (Å²) in [6, 6.07) is 0.982. The van der Waals surface area contributed by atoms with Gasteiger partial charge >= 0.3 is 13.1 Å². The maximum atomic E-state index is 13.1. The quantitative estimate of drug-likeness (QED) is 0.556. The third kappa shape index (κ3) is 1.89. The molecule has 0 saturated carbocycles. The summed E-state index contributed by atoms with van der Waals surface area (Å²) < 4.78 is 25.8. The van der Waals surface area contributed by atoms with E-state index in [0.717, 1.165) is 0 Å². The van der Waals surface area contributed by atoms with Crippen LogP contribution in [0.2, 0.25) is 0 Å². The molecule has 74 valence electrons. The van der Waals surface area contributed by atoms with E-state index in [1.807, 2.05) is 0 Å². The van der Waals surface area contributed by atoms with Crippen molar-refractivity contribution in [3.05, 3.63) is 29.3 Å². The standard InChI is InChI=1S/C7H5BF2O4/c9-3-1-4(7(11)12)6(10)5(2-3)8(13)14/h1-2,13-14H,(H,11,12). The second-order valence-corrected chi connectivity index (χ2v) is 2.54. The Morgan fingerprint density at radius 3 is 2.29 bits per heavy atom.